The van der Waals surface area contributed by atoms with Gasteiger partial charge in [0.15, 0.2) is 5.16 Å². The van der Waals surface area contributed by atoms with Gasteiger partial charge in [-0.1, -0.05) is 40.7 Å². The smallest absolute Gasteiger partial charge is 0.262 e. The van der Waals surface area contributed by atoms with Crippen LogP contribution < -0.4 is 15.6 Å². The molecule has 0 saturated carbocycles. The number of anilines is 1. The number of nitrogens with zero attached hydrogens (tertiary/aromatic N) is 2. The molecule has 29 heavy (non-hydrogen) atoms. The first-order chi connectivity index (χ1) is 13.9. The fourth-order valence-corrected chi connectivity index (χ4v) is 4.14. The Balaban J connectivity index is 1.87. The number of methoxy groups -OCH3 is 1. The molecule has 0 saturated heterocycles. The number of amides is 1. The number of hydrogen-bond acceptors (Lipinski definition) is 5. The third-order valence-corrected chi connectivity index (χ3v) is 5.90. The maximum atomic E-state index is 13.0. The van der Waals surface area contributed by atoms with Gasteiger partial charge < -0.3 is 10.1 Å². The molecule has 1 N–H and O–H groups in total. The average molecular weight is 476 g/mol. The summed E-state index contributed by atoms with van der Waals surface area (Å²) in [6.07, 6.45) is 0.791. The molecule has 152 valence electrons. The molecule has 1 atom stereocenters. The first kappa shape index (κ1) is 21.4. The lowest BCUT2D eigenvalue weighted by atomic mass is 10.2. The van der Waals surface area contributed by atoms with Crippen molar-refractivity contribution in [1.29, 1.82) is 0 Å². The van der Waals surface area contributed by atoms with Gasteiger partial charge in [0.05, 0.1) is 23.3 Å². The van der Waals surface area contributed by atoms with Crippen molar-refractivity contribution < 1.29 is 9.53 Å². The SMILES string of the molecule is CCCn1c(SC(C)C(=O)Nc2cccc(OC)c2)nc2ccc(Br)cc2c1=O. The quantitative estimate of drug-likeness (QED) is 0.396. The zero-order valence-corrected chi connectivity index (χ0v) is 18.8. The summed E-state index contributed by atoms with van der Waals surface area (Å²) in [5.74, 6) is 0.499. The van der Waals surface area contributed by atoms with E-state index in [1.165, 1.54) is 11.8 Å². The second-order valence-electron chi connectivity index (χ2n) is 6.49. The average Bonchev–Trinajstić information content (AvgIpc) is 2.71. The molecule has 0 aliphatic rings. The van der Waals surface area contributed by atoms with E-state index in [1.54, 1.807) is 36.8 Å². The van der Waals surface area contributed by atoms with Gasteiger partial charge in [-0.05, 0) is 43.7 Å². The predicted octanol–water partition coefficient (Wildman–Crippen LogP) is 4.70. The van der Waals surface area contributed by atoms with Crippen molar-refractivity contribution in [2.75, 3.05) is 12.4 Å². The molecule has 3 rings (SSSR count). The molecule has 6 nitrogen and oxygen atoms in total. The fraction of sp³-hybridized carbons (Fsp3) is 0.286. The molecule has 1 aromatic heterocycles. The second kappa shape index (κ2) is 9.45. The molecule has 0 aliphatic carbocycles. The molecular formula is C21H22BrN3O3S. The Labute approximate surface area is 181 Å². The van der Waals surface area contributed by atoms with Gasteiger partial charge in [-0.25, -0.2) is 4.98 Å². The number of carbonyl (C=O) groups is 1. The highest BCUT2D eigenvalue weighted by Gasteiger charge is 2.19. The van der Waals surface area contributed by atoms with Crippen LogP contribution in [0.4, 0.5) is 5.69 Å². The molecule has 0 radical (unpaired) electrons. The van der Waals surface area contributed by atoms with Crippen LogP contribution in [0.2, 0.25) is 0 Å². The normalized spacial score (nSPS) is 12.0. The Morgan fingerprint density at radius 3 is 2.83 bits per heavy atom. The lowest BCUT2D eigenvalue weighted by molar-refractivity contribution is -0.115. The summed E-state index contributed by atoms with van der Waals surface area (Å²) in [5.41, 5.74) is 1.18. The molecule has 1 unspecified atom stereocenters. The van der Waals surface area contributed by atoms with Gasteiger partial charge in [0.25, 0.3) is 5.56 Å². The minimum absolute atomic E-state index is 0.0962. The van der Waals surface area contributed by atoms with Crippen LogP contribution in [0.1, 0.15) is 20.3 Å². The summed E-state index contributed by atoms with van der Waals surface area (Å²) in [4.78, 5) is 30.3. The summed E-state index contributed by atoms with van der Waals surface area (Å²) in [7, 11) is 1.58. The second-order valence-corrected chi connectivity index (χ2v) is 8.72. The number of rotatable bonds is 7. The van der Waals surface area contributed by atoms with E-state index >= 15 is 0 Å². The summed E-state index contributed by atoms with van der Waals surface area (Å²) in [6, 6.07) is 12.6. The van der Waals surface area contributed by atoms with Gasteiger partial charge in [0.2, 0.25) is 5.91 Å². The molecule has 1 heterocycles. The lowest BCUT2D eigenvalue weighted by Gasteiger charge is -2.16. The molecule has 8 heteroatoms. The Morgan fingerprint density at radius 2 is 2.10 bits per heavy atom. The summed E-state index contributed by atoms with van der Waals surface area (Å²) < 4.78 is 7.67. The van der Waals surface area contributed by atoms with Crippen LogP contribution in [0.25, 0.3) is 10.9 Å². The number of hydrogen-bond donors (Lipinski definition) is 1. The molecular weight excluding hydrogens is 454 g/mol. The maximum absolute atomic E-state index is 13.0. The number of aromatic nitrogens is 2. The van der Waals surface area contributed by atoms with Crippen molar-refractivity contribution in [1.82, 2.24) is 9.55 Å². The molecule has 3 aromatic rings. The van der Waals surface area contributed by atoms with Gasteiger partial charge >= 0.3 is 0 Å². The highest BCUT2D eigenvalue weighted by Crippen LogP contribution is 2.25. The van der Waals surface area contributed by atoms with E-state index in [9.17, 15) is 9.59 Å². The Morgan fingerprint density at radius 1 is 1.31 bits per heavy atom. The zero-order chi connectivity index (χ0) is 21.0. The minimum Gasteiger partial charge on any atom is -0.497 e. The predicted molar refractivity (Wildman–Crippen MR) is 121 cm³/mol. The highest BCUT2D eigenvalue weighted by molar-refractivity contribution is 9.10. The van der Waals surface area contributed by atoms with Gasteiger partial charge in [-0.15, -0.1) is 0 Å². The van der Waals surface area contributed by atoms with E-state index in [0.717, 1.165) is 10.9 Å². The van der Waals surface area contributed by atoms with Crippen LogP contribution in [0.3, 0.4) is 0 Å². The monoisotopic (exact) mass is 475 g/mol. The van der Waals surface area contributed by atoms with E-state index in [4.69, 9.17) is 4.74 Å². The van der Waals surface area contributed by atoms with Gasteiger partial charge in [0, 0.05) is 22.8 Å². The molecule has 2 aromatic carbocycles. The van der Waals surface area contributed by atoms with Gasteiger partial charge in [0.1, 0.15) is 5.75 Å². The van der Waals surface area contributed by atoms with Crippen LogP contribution in [-0.2, 0) is 11.3 Å². The number of halogens is 1. The first-order valence-corrected chi connectivity index (χ1v) is 10.9. The maximum Gasteiger partial charge on any atom is 0.262 e. The largest absolute Gasteiger partial charge is 0.497 e. The topological polar surface area (TPSA) is 73.2 Å². The van der Waals surface area contributed by atoms with Crippen molar-refractivity contribution >= 4 is 50.2 Å². The molecule has 0 aliphatic heterocycles. The van der Waals surface area contributed by atoms with Crippen LogP contribution in [0.15, 0.2) is 56.9 Å². The standard InChI is InChI=1S/C21H22BrN3O3S/c1-4-10-25-20(27)17-11-14(22)8-9-18(17)24-21(25)29-13(2)19(26)23-15-6-5-7-16(12-15)28-3/h5-9,11-13H,4,10H2,1-3H3,(H,23,26). The Kier molecular flexibility index (Phi) is 6.97. The van der Waals surface area contributed by atoms with Crippen LogP contribution in [-0.4, -0.2) is 27.8 Å². The van der Waals surface area contributed by atoms with Crippen LogP contribution in [0, 0.1) is 0 Å². The van der Waals surface area contributed by atoms with Crippen molar-refractivity contribution in [3.05, 3.63) is 57.3 Å². The Hall–Kier alpha value is -2.32. The van der Waals surface area contributed by atoms with E-state index in [2.05, 4.69) is 26.2 Å². The van der Waals surface area contributed by atoms with E-state index in [0.29, 0.717) is 34.0 Å². The molecule has 0 spiro atoms. The van der Waals surface area contributed by atoms with E-state index in [1.807, 2.05) is 31.2 Å². The van der Waals surface area contributed by atoms with Crippen LogP contribution >= 0.6 is 27.7 Å². The number of benzene rings is 2. The number of carbonyl (C=O) groups excluding carboxylic acids is 1. The van der Waals surface area contributed by atoms with Crippen LogP contribution in [0.5, 0.6) is 5.75 Å². The first-order valence-electron chi connectivity index (χ1n) is 9.24. The summed E-state index contributed by atoms with van der Waals surface area (Å²) in [5, 5.41) is 3.55. The summed E-state index contributed by atoms with van der Waals surface area (Å²) in [6.45, 7) is 4.35. The zero-order valence-electron chi connectivity index (χ0n) is 16.4. The number of fused-ring (bicyclic) bond motifs is 1. The van der Waals surface area contributed by atoms with Crippen molar-refractivity contribution in [2.45, 2.75) is 37.2 Å². The third-order valence-electron chi connectivity index (χ3n) is 4.32. The van der Waals surface area contributed by atoms with Gasteiger partial charge in [-0.2, -0.15) is 0 Å². The van der Waals surface area contributed by atoms with E-state index < -0.39 is 5.25 Å². The fourth-order valence-electron chi connectivity index (χ4n) is 2.84. The number of ether oxygens (including phenoxy) is 1. The third kappa shape index (κ3) is 5.00. The minimum atomic E-state index is -0.441. The van der Waals surface area contributed by atoms with Gasteiger partial charge in [-0.3, -0.25) is 14.2 Å². The number of nitrogens with one attached hydrogen (secondary N) is 1. The summed E-state index contributed by atoms with van der Waals surface area (Å²) >= 11 is 4.68. The highest BCUT2D eigenvalue weighted by atomic mass is 79.9. The van der Waals surface area contributed by atoms with E-state index in [-0.39, 0.29) is 11.5 Å². The van der Waals surface area contributed by atoms with Crippen molar-refractivity contribution in [3.63, 3.8) is 0 Å². The van der Waals surface area contributed by atoms with Crippen molar-refractivity contribution in [2.24, 2.45) is 0 Å². The van der Waals surface area contributed by atoms with Crippen molar-refractivity contribution in [3.8, 4) is 5.75 Å². The molecule has 0 fully saturated rings. The Bertz CT molecular complexity index is 1100. The molecule has 1 amide bonds. The number of thioether (sulfide) groups is 1. The lowest BCUT2D eigenvalue weighted by Crippen LogP contribution is -2.27. The molecule has 0 bridgehead atoms.